The van der Waals surface area contributed by atoms with Crippen molar-refractivity contribution in [2.75, 3.05) is 0 Å². The largest absolute Gasteiger partial charge is 0.167 e. The molecule has 0 aliphatic carbocycles. The molecule has 60 valence electrons. The molecule has 0 N–H and O–H groups in total. The predicted octanol–water partition coefficient (Wildman–Crippen LogP) is 3.79. The molecule has 1 atom stereocenters. The molecule has 0 amide bonds. The van der Waals surface area contributed by atoms with Gasteiger partial charge in [0.25, 0.3) is 0 Å². The molecule has 1 unspecified atom stereocenters. The zero-order valence-corrected chi connectivity index (χ0v) is 8.91. The third-order valence-corrected chi connectivity index (χ3v) is 5.43. The van der Waals surface area contributed by atoms with E-state index < -0.39 is 7.38 Å². The quantitative estimate of drug-likeness (QED) is 0.348. The predicted molar refractivity (Wildman–Crippen MR) is 52.2 cm³/mol. The summed E-state index contributed by atoms with van der Waals surface area (Å²) in [5.74, 6) is 0. The monoisotopic (exact) mass is 176 g/mol. The maximum atomic E-state index is 6.27. The van der Waals surface area contributed by atoms with Gasteiger partial charge in [0.15, 0.2) is 7.38 Å². The topological polar surface area (TPSA) is 0 Å². The minimum absolute atomic E-state index is 0.701. The van der Waals surface area contributed by atoms with Gasteiger partial charge in [-0.15, -0.1) is 6.58 Å². The number of halogens is 1. The molecule has 10 heavy (non-hydrogen) atoms. The average Bonchev–Trinajstić information content (AvgIpc) is 1.80. The van der Waals surface area contributed by atoms with Gasteiger partial charge in [-0.3, -0.25) is 0 Å². The Balaban J connectivity index is 3.92. The van der Waals surface area contributed by atoms with Crippen LogP contribution in [0.2, 0.25) is 18.6 Å². The van der Waals surface area contributed by atoms with Gasteiger partial charge in [0.2, 0.25) is 0 Å². The Bertz CT molecular complexity index is 104. The van der Waals surface area contributed by atoms with Crippen molar-refractivity contribution in [3.05, 3.63) is 12.7 Å². The van der Waals surface area contributed by atoms with E-state index in [1.807, 2.05) is 6.08 Å². The van der Waals surface area contributed by atoms with E-state index in [1.54, 1.807) is 0 Å². The van der Waals surface area contributed by atoms with Crippen molar-refractivity contribution >= 4 is 18.5 Å². The molecule has 0 heterocycles. The molecular weight excluding hydrogens is 160 g/mol. The van der Waals surface area contributed by atoms with Crippen LogP contribution in [0.25, 0.3) is 0 Å². The molecule has 0 rings (SSSR count). The second-order valence-corrected chi connectivity index (χ2v) is 10.1. The smallest absolute Gasteiger partial charge is 0.153 e. The molecular formula is C8H17ClSi. The van der Waals surface area contributed by atoms with Crippen LogP contribution < -0.4 is 0 Å². The summed E-state index contributed by atoms with van der Waals surface area (Å²) in [5.41, 5.74) is 0.701. The summed E-state index contributed by atoms with van der Waals surface area (Å²) in [6.07, 6.45) is 4.25. The van der Waals surface area contributed by atoms with Crippen LogP contribution in [-0.4, -0.2) is 7.38 Å². The van der Waals surface area contributed by atoms with Crippen LogP contribution in [0.1, 0.15) is 19.8 Å². The third-order valence-electron chi connectivity index (χ3n) is 1.91. The van der Waals surface area contributed by atoms with Crippen LogP contribution in [0.3, 0.4) is 0 Å². The van der Waals surface area contributed by atoms with E-state index in [4.69, 9.17) is 11.1 Å². The minimum atomic E-state index is -1.41. The Hall–Kier alpha value is 0.247. The normalized spacial score (nSPS) is 14.8. The van der Waals surface area contributed by atoms with E-state index >= 15 is 0 Å². The van der Waals surface area contributed by atoms with Gasteiger partial charge in [-0.1, -0.05) is 32.5 Å². The summed E-state index contributed by atoms with van der Waals surface area (Å²) in [4.78, 5) is 0. The fourth-order valence-corrected chi connectivity index (χ4v) is 3.56. The van der Waals surface area contributed by atoms with Gasteiger partial charge in [0, 0.05) is 0 Å². The van der Waals surface area contributed by atoms with E-state index in [-0.39, 0.29) is 0 Å². The maximum Gasteiger partial charge on any atom is 0.153 e. The van der Waals surface area contributed by atoms with Crippen molar-refractivity contribution in [1.29, 1.82) is 0 Å². The highest BCUT2D eigenvalue weighted by atomic mass is 35.6. The fraction of sp³-hybridized carbons (Fsp3) is 0.750. The van der Waals surface area contributed by atoms with Crippen LogP contribution in [0, 0.1) is 0 Å². The van der Waals surface area contributed by atoms with Crippen molar-refractivity contribution in [3.8, 4) is 0 Å². The van der Waals surface area contributed by atoms with E-state index in [0.717, 1.165) is 6.42 Å². The molecule has 0 fully saturated rings. The molecule has 0 aromatic carbocycles. The van der Waals surface area contributed by atoms with Crippen LogP contribution in [-0.2, 0) is 0 Å². The molecule has 0 spiro atoms. The van der Waals surface area contributed by atoms with Crippen molar-refractivity contribution in [1.82, 2.24) is 0 Å². The fourth-order valence-electron chi connectivity index (χ4n) is 1.13. The minimum Gasteiger partial charge on any atom is -0.167 e. The van der Waals surface area contributed by atoms with Crippen molar-refractivity contribution in [2.45, 2.75) is 38.4 Å². The first kappa shape index (κ1) is 10.2. The highest BCUT2D eigenvalue weighted by Crippen LogP contribution is 2.31. The molecule has 0 radical (unpaired) electrons. The molecule has 0 aliphatic heterocycles. The van der Waals surface area contributed by atoms with Crippen LogP contribution in [0.4, 0.5) is 0 Å². The summed E-state index contributed by atoms with van der Waals surface area (Å²) in [6.45, 7) is 10.3. The van der Waals surface area contributed by atoms with E-state index in [2.05, 4.69) is 26.6 Å². The second kappa shape index (κ2) is 4.19. The lowest BCUT2D eigenvalue weighted by Gasteiger charge is -2.23. The van der Waals surface area contributed by atoms with Gasteiger partial charge < -0.3 is 0 Å². The first-order chi connectivity index (χ1) is 4.52. The van der Waals surface area contributed by atoms with Gasteiger partial charge in [-0.25, -0.2) is 0 Å². The Morgan fingerprint density at radius 3 is 2.20 bits per heavy atom. The standard InChI is InChI=1S/C8H17ClSi/c1-5-7-8(6-2)10(3,4)9/h5,8H,1,6-7H2,2-4H3. The van der Waals surface area contributed by atoms with Crippen molar-refractivity contribution < 1.29 is 0 Å². The van der Waals surface area contributed by atoms with E-state index in [9.17, 15) is 0 Å². The van der Waals surface area contributed by atoms with Crippen LogP contribution >= 0.6 is 11.1 Å². The highest BCUT2D eigenvalue weighted by Gasteiger charge is 2.26. The number of hydrogen-bond donors (Lipinski definition) is 0. The van der Waals surface area contributed by atoms with Crippen molar-refractivity contribution in [2.24, 2.45) is 0 Å². The lowest BCUT2D eigenvalue weighted by atomic mass is 10.2. The molecule has 0 bridgehead atoms. The van der Waals surface area contributed by atoms with Gasteiger partial charge in [-0.05, 0) is 12.0 Å². The van der Waals surface area contributed by atoms with Gasteiger partial charge in [0.1, 0.15) is 0 Å². The Morgan fingerprint density at radius 1 is 1.60 bits per heavy atom. The lowest BCUT2D eigenvalue weighted by molar-refractivity contribution is 0.787. The lowest BCUT2D eigenvalue weighted by Crippen LogP contribution is -2.24. The van der Waals surface area contributed by atoms with Crippen LogP contribution in [0.5, 0.6) is 0 Å². The van der Waals surface area contributed by atoms with E-state index in [1.165, 1.54) is 6.42 Å². The number of hydrogen-bond acceptors (Lipinski definition) is 0. The molecule has 0 nitrogen and oxygen atoms in total. The molecule has 0 aromatic heterocycles. The SMILES string of the molecule is C=CCC(CC)[Si](C)(C)Cl. The average molecular weight is 177 g/mol. The summed E-state index contributed by atoms with van der Waals surface area (Å²) < 4.78 is 0. The second-order valence-electron chi connectivity index (χ2n) is 3.19. The van der Waals surface area contributed by atoms with Crippen molar-refractivity contribution in [3.63, 3.8) is 0 Å². The Labute approximate surface area is 70.0 Å². The number of rotatable bonds is 4. The summed E-state index contributed by atoms with van der Waals surface area (Å²) in [7, 11) is -1.41. The highest BCUT2D eigenvalue weighted by molar-refractivity contribution is 7.19. The summed E-state index contributed by atoms with van der Waals surface area (Å²) in [5, 5.41) is 0. The van der Waals surface area contributed by atoms with E-state index in [0.29, 0.717) is 5.54 Å². The van der Waals surface area contributed by atoms with Gasteiger partial charge >= 0.3 is 0 Å². The maximum absolute atomic E-state index is 6.27. The summed E-state index contributed by atoms with van der Waals surface area (Å²) >= 11 is 6.27. The van der Waals surface area contributed by atoms with Gasteiger partial charge in [-0.2, -0.15) is 11.1 Å². The Kier molecular flexibility index (Phi) is 4.30. The molecule has 0 saturated heterocycles. The zero-order valence-electron chi connectivity index (χ0n) is 7.15. The first-order valence-electron chi connectivity index (χ1n) is 3.82. The Morgan fingerprint density at radius 2 is 2.10 bits per heavy atom. The van der Waals surface area contributed by atoms with Crippen LogP contribution in [0.15, 0.2) is 12.7 Å². The third kappa shape index (κ3) is 3.42. The molecule has 2 heteroatoms. The molecule has 0 aromatic rings. The summed E-state index contributed by atoms with van der Waals surface area (Å²) in [6, 6.07) is 0. The zero-order chi connectivity index (χ0) is 8.20. The first-order valence-corrected chi connectivity index (χ1v) is 7.91. The molecule has 0 saturated carbocycles. The number of allylic oxidation sites excluding steroid dienone is 1. The van der Waals surface area contributed by atoms with Gasteiger partial charge in [0.05, 0.1) is 0 Å². The molecule has 0 aliphatic rings.